The molecular formula is C18H23N3O4. The van der Waals surface area contributed by atoms with Crippen molar-refractivity contribution in [3.05, 3.63) is 43.0 Å². The summed E-state index contributed by atoms with van der Waals surface area (Å²) in [5.74, 6) is -0.555. The highest BCUT2D eigenvalue weighted by atomic mass is 16.6. The molecule has 0 unspecified atom stereocenters. The van der Waals surface area contributed by atoms with Gasteiger partial charge in [-0.25, -0.2) is 4.79 Å². The lowest BCUT2D eigenvalue weighted by Crippen LogP contribution is -2.45. The zero-order valence-corrected chi connectivity index (χ0v) is 14.1. The van der Waals surface area contributed by atoms with Crippen LogP contribution in [0.5, 0.6) is 5.75 Å². The van der Waals surface area contributed by atoms with Gasteiger partial charge in [0.15, 0.2) is 0 Å². The molecule has 1 aliphatic heterocycles. The first-order valence-corrected chi connectivity index (χ1v) is 8.29. The second kappa shape index (κ2) is 9.46. The van der Waals surface area contributed by atoms with Gasteiger partial charge < -0.3 is 20.3 Å². The van der Waals surface area contributed by atoms with E-state index in [1.165, 1.54) is 6.08 Å². The quantitative estimate of drug-likeness (QED) is 0.622. The van der Waals surface area contributed by atoms with Gasteiger partial charge in [-0.15, -0.1) is 6.58 Å². The summed E-state index contributed by atoms with van der Waals surface area (Å²) in [6, 6.07) is 8.94. The van der Waals surface area contributed by atoms with E-state index in [-0.39, 0.29) is 18.6 Å². The first-order chi connectivity index (χ1) is 12.1. The number of hydrogen-bond donors (Lipinski definition) is 2. The van der Waals surface area contributed by atoms with Crippen molar-refractivity contribution in [2.45, 2.75) is 12.8 Å². The first-order valence-electron chi connectivity index (χ1n) is 8.29. The fourth-order valence-electron chi connectivity index (χ4n) is 2.54. The van der Waals surface area contributed by atoms with Crippen LogP contribution in [0.15, 0.2) is 43.0 Å². The Bertz CT molecular complexity index is 610. The van der Waals surface area contributed by atoms with Gasteiger partial charge in [-0.3, -0.25) is 9.59 Å². The number of para-hydroxylation sites is 1. The number of ether oxygens (including phenoxy) is 1. The Kier molecular flexibility index (Phi) is 7.00. The topological polar surface area (TPSA) is 87.7 Å². The summed E-state index contributed by atoms with van der Waals surface area (Å²) in [5.41, 5.74) is 0. The Hall–Kier alpha value is -2.83. The molecule has 134 valence electrons. The average molecular weight is 345 g/mol. The molecule has 0 radical (unpaired) electrons. The highest BCUT2D eigenvalue weighted by Gasteiger charge is 2.25. The standard InChI is InChI=1S/C18H23N3O4/c1-2-10-19-16(22)17(23)20-13-14-8-11-21(12-9-14)18(24)25-15-6-4-3-5-7-15/h2-7,14H,1,8-13H2,(H,19,22)(H,20,23). The van der Waals surface area contributed by atoms with Gasteiger partial charge >= 0.3 is 17.9 Å². The Morgan fingerprint density at radius 1 is 1.12 bits per heavy atom. The van der Waals surface area contributed by atoms with Crippen LogP contribution in [0.25, 0.3) is 0 Å². The van der Waals surface area contributed by atoms with Crippen LogP contribution in [-0.2, 0) is 9.59 Å². The van der Waals surface area contributed by atoms with Crippen molar-refractivity contribution in [1.29, 1.82) is 0 Å². The molecule has 0 spiro atoms. The lowest BCUT2D eigenvalue weighted by molar-refractivity contribution is -0.139. The molecular weight excluding hydrogens is 322 g/mol. The van der Waals surface area contributed by atoms with Gasteiger partial charge in [0.05, 0.1) is 0 Å². The fraction of sp³-hybridized carbons (Fsp3) is 0.389. The molecule has 3 amide bonds. The summed E-state index contributed by atoms with van der Waals surface area (Å²) in [6.45, 7) is 5.28. The predicted octanol–water partition coefficient (Wildman–Crippen LogP) is 1.32. The van der Waals surface area contributed by atoms with Gasteiger partial charge in [-0.1, -0.05) is 24.3 Å². The first kappa shape index (κ1) is 18.5. The summed E-state index contributed by atoms with van der Waals surface area (Å²) in [7, 11) is 0. The summed E-state index contributed by atoms with van der Waals surface area (Å²) >= 11 is 0. The van der Waals surface area contributed by atoms with Gasteiger partial charge in [0.2, 0.25) is 0 Å². The number of rotatable bonds is 5. The highest BCUT2D eigenvalue weighted by Crippen LogP contribution is 2.18. The lowest BCUT2D eigenvalue weighted by Gasteiger charge is -2.31. The van der Waals surface area contributed by atoms with E-state index in [1.807, 2.05) is 18.2 Å². The van der Waals surface area contributed by atoms with Crippen molar-refractivity contribution in [2.75, 3.05) is 26.2 Å². The molecule has 1 heterocycles. The van der Waals surface area contributed by atoms with E-state index >= 15 is 0 Å². The van der Waals surface area contributed by atoms with Crippen LogP contribution in [0.4, 0.5) is 4.79 Å². The maximum Gasteiger partial charge on any atom is 0.415 e. The molecule has 1 saturated heterocycles. The van der Waals surface area contributed by atoms with Crippen molar-refractivity contribution in [3.8, 4) is 5.75 Å². The minimum absolute atomic E-state index is 0.233. The SMILES string of the molecule is C=CCNC(=O)C(=O)NCC1CCN(C(=O)Oc2ccccc2)CC1. The number of hydrogen-bond acceptors (Lipinski definition) is 4. The Balaban J connectivity index is 1.69. The molecule has 0 bridgehead atoms. The van der Waals surface area contributed by atoms with E-state index in [2.05, 4.69) is 17.2 Å². The summed E-state index contributed by atoms with van der Waals surface area (Å²) < 4.78 is 5.31. The van der Waals surface area contributed by atoms with Gasteiger partial charge in [-0.2, -0.15) is 0 Å². The van der Waals surface area contributed by atoms with Crippen LogP contribution >= 0.6 is 0 Å². The van der Waals surface area contributed by atoms with Crippen molar-refractivity contribution < 1.29 is 19.1 Å². The molecule has 0 saturated carbocycles. The Morgan fingerprint density at radius 3 is 2.40 bits per heavy atom. The number of amides is 3. The van der Waals surface area contributed by atoms with E-state index < -0.39 is 11.8 Å². The molecule has 2 rings (SSSR count). The minimum Gasteiger partial charge on any atom is -0.410 e. The van der Waals surface area contributed by atoms with Crippen LogP contribution < -0.4 is 15.4 Å². The molecule has 0 aliphatic carbocycles. The Morgan fingerprint density at radius 2 is 1.76 bits per heavy atom. The fourth-order valence-corrected chi connectivity index (χ4v) is 2.54. The van der Waals surface area contributed by atoms with E-state index in [0.717, 1.165) is 12.8 Å². The van der Waals surface area contributed by atoms with Crippen molar-refractivity contribution in [1.82, 2.24) is 15.5 Å². The molecule has 7 nitrogen and oxygen atoms in total. The largest absolute Gasteiger partial charge is 0.415 e. The molecule has 0 atom stereocenters. The summed E-state index contributed by atoms with van der Waals surface area (Å²) in [4.78, 5) is 36.8. The third-order valence-electron chi connectivity index (χ3n) is 3.99. The number of benzene rings is 1. The zero-order chi connectivity index (χ0) is 18.1. The van der Waals surface area contributed by atoms with Crippen LogP contribution in [0.2, 0.25) is 0 Å². The van der Waals surface area contributed by atoms with Crippen molar-refractivity contribution >= 4 is 17.9 Å². The molecule has 0 aromatic heterocycles. The van der Waals surface area contributed by atoms with E-state index in [9.17, 15) is 14.4 Å². The second-order valence-electron chi connectivity index (χ2n) is 5.82. The van der Waals surface area contributed by atoms with Crippen LogP contribution in [0, 0.1) is 5.92 Å². The molecule has 1 aromatic rings. The van der Waals surface area contributed by atoms with E-state index in [0.29, 0.717) is 25.4 Å². The molecule has 1 aliphatic rings. The maximum absolute atomic E-state index is 12.1. The number of likely N-dealkylation sites (tertiary alicyclic amines) is 1. The van der Waals surface area contributed by atoms with Crippen molar-refractivity contribution in [2.24, 2.45) is 5.92 Å². The summed E-state index contributed by atoms with van der Waals surface area (Å²) in [5, 5.41) is 5.05. The maximum atomic E-state index is 12.1. The van der Waals surface area contributed by atoms with Crippen LogP contribution in [0.3, 0.4) is 0 Å². The third kappa shape index (κ3) is 5.95. The Labute approximate surface area is 147 Å². The average Bonchev–Trinajstić information content (AvgIpc) is 2.65. The predicted molar refractivity (Wildman–Crippen MR) is 93.0 cm³/mol. The molecule has 1 fully saturated rings. The number of piperidine rings is 1. The van der Waals surface area contributed by atoms with Gasteiger partial charge in [0, 0.05) is 26.2 Å². The molecule has 25 heavy (non-hydrogen) atoms. The van der Waals surface area contributed by atoms with Gasteiger partial charge in [0.1, 0.15) is 5.75 Å². The zero-order valence-electron chi connectivity index (χ0n) is 14.1. The normalized spacial score (nSPS) is 14.5. The second-order valence-corrected chi connectivity index (χ2v) is 5.82. The number of nitrogens with one attached hydrogen (secondary N) is 2. The van der Waals surface area contributed by atoms with Crippen LogP contribution in [-0.4, -0.2) is 49.0 Å². The minimum atomic E-state index is -0.663. The molecule has 7 heteroatoms. The number of carbonyl (C=O) groups excluding carboxylic acids is 3. The molecule has 1 aromatic carbocycles. The monoisotopic (exact) mass is 345 g/mol. The lowest BCUT2D eigenvalue weighted by atomic mass is 9.97. The third-order valence-corrected chi connectivity index (χ3v) is 3.99. The number of carbonyl (C=O) groups is 3. The van der Waals surface area contributed by atoms with E-state index in [4.69, 9.17) is 4.74 Å². The van der Waals surface area contributed by atoms with Crippen LogP contribution in [0.1, 0.15) is 12.8 Å². The summed E-state index contributed by atoms with van der Waals surface area (Å²) in [6.07, 6.45) is 2.64. The highest BCUT2D eigenvalue weighted by molar-refractivity contribution is 6.35. The number of nitrogens with zero attached hydrogens (tertiary/aromatic N) is 1. The van der Waals surface area contributed by atoms with Gasteiger partial charge in [-0.05, 0) is 30.9 Å². The van der Waals surface area contributed by atoms with Gasteiger partial charge in [0.25, 0.3) is 0 Å². The van der Waals surface area contributed by atoms with E-state index in [1.54, 1.807) is 17.0 Å². The smallest absolute Gasteiger partial charge is 0.410 e. The van der Waals surface area contributed by atoms with Crippen molar-refractivity contribution in [3.63, 3.8) is 0 Å². The molecule has 2 N–H and O–H groups in total.